The highest BCUT2D eigenvalue weighted by Gasteiger charge is 2.16. The van der Waals surface area contributed by atoms with Gasteiger partial charge in [-0.25, -0.2) is 4.98 Å². The van der Waals surface area contributed by atoms with Crippen molar-refractivity contribution >= 4 is 16.8 Å². The summed E-state index contributed by atoms with van der Waals surface area (Å²) in [5, 5.41) is 0.584. The van der Waals surface area contributed by atoms with E-state index in [1.165, 1.54) is 4.57 Å². The SMILES string of the molecule is Cc1cccc2c(=O)n(CCC(=O)N(Cc3ccccc3)Cc3ccccc3)cnc12. The summed E-state index contributed by atoms with van der Waals surface area (Å²) in [4.78, 5) is 32.3. The van der Waals surface area contributed by atoms with Crippen LogP contribution >= 0.6 is 0 Å². The van der Waals surface area contributed by atoms with Crippen LogP contribution in [0.3, 0.4) is 0 Å². The van der Waals surface area contributed by atoms with Crippen molar-refractivity contribution in [3.63, 3.8) is 0 Å². The second-order valence-corrected chi connectivity index (χ2v) is 7.69. The first kappa shape index (κ1) is 20.5. The number of rotatable bonds is 7. The molecule has 0 atom stereocenters. The largest absolute Gasteiger partial charge is 0.334 e. The summed E-state index contributed by atoms with van der Waals surface area (Å²) in [6.45, 7) is 3.29. The molecule has 1 heterocycles. The van der Waals surface area contributed by atoms with Gasteiger partial charge >= 0.3 is 0 Å². The van der Waals surface area contributed by atoms with E-state index in [1.54, 1.807) is 12.4 Å². The number of para-hydroxylation sites is 1. The van der Waals surface area contributed by atoms with Crippen molar-refractivity contribution in [1.29, 1.82) is 0 Å². The van der Waals surface area contributed by atoms with Crippen molar-refractivity contribution in [3.05, 3.63) is 112 Å². The average Bonchev–Trinajstić information content (AvgIpc) is 2.80. The molecule has 0 unspecified atom stereocenters. The molecule has 0 spiro atoms. The minimum absolute atomic E-state index is 0.00365. The van der Waals surface area contributed by atoms with Crippen molar-refractivity contribution in [2.75, 3.05) is 0 Å². The maximum atomic E-state index is 13.1. The van der Waals surface area contributed by atoms with Crippen LogP contribution in [0.1, 0.15) is 23.1 Å². The number of carbonyl (C=O) groups excluding carboxylic acids is 1. The molecule has 0 fully saturated rings. The summed E-state index contributed by atoms with van der Waals surface area (Å²) in [5.41, 5.74) is 3.72. The highest BCUT2D eigenvalue weighted by Crippen LogP contribution is 2.13. The fourth-order valence-electron chi connectivity index (χ4n) is 3.71. The van der Waals surface area contributed by atoms with Gasteiger partial charge in [0.1, 0.15) is 0 Å². The molecule has 0 aliphatic heterocycles. The van der Waals surface area contributed by atoms with Crippen LogP contribution in [0.15, 0.2) is 90.0 Å². The standard InChI is InChI=1S/C26H25N3O2/c1-20-9-8-14-23-25(20)27-19-28(26(23)31)16-15-24(30)29(17-21-10-4-2-5-11-21)18-22-12-6-3-7-13-22/h2-14,19H,15-18H2,1H3. The van der Waals surface area contributed by atoms with E-state index in [9.17, 15) is 9.59 Å². The summed E-state index contributed by atoms with van der Waals surface area (Å²) >= 11 is 0. The summed E-state index contributed by atoms with van der Waals surface area (Å²) < 4.78 is 1.53. The zero-order valence-corrected chi connectivity index (χ0v) is 17.6. The molecule has 0 saturated heterocycles. The van der Waals surface area contributed by atoms with Gasteiger partial charge in [-0.3, -0.25) is 14.2 Å². The number of aryl methyl sites for hydroxylation is 2. The number of amides is 1. The van der Waals surface area contributed by atoms with Gasteiger partial charge in [0.2, 0.25) is 5.91 Å². The van der Waals surface area contributed by atoms with Crippen LogP contribution in [0.25, 0.3) is 10.9 Å². The first-order chi connectivity index (χ1) is 15.1. The number of nitrogens with zero attached hydrogens (tertiary/aromatic N) is 3. The molecule has 0 radical (unpaired) electrons. The van der Waals surface area contributed by atoms with Crippen molar-refractivity contribution in [3.8, 4) is 0 Å². The van der Waals surface area contributed by atoms with E-state index >= 15 is 0 Å². The lowest BCUT2D eigenvalue weighted by atomic mass is 10.1. The van der Waals surface area contributed by atoms with Crippen LogP contribution in [0, 0.1) is 6.92 Å². The minimum atomic E-state index is -0.112. The monoisotopic (exact) mass is 411 g/mol. The van der Waals surface area contributed by atoms with Crippen LogP contribution in [0.4, 0.5) is 0 Å². The Balaban J connectivity index is 1.52. The van der Waals surface area contributed by atoms with E-state index in [0.717, 1.165) is 16.7 Å². The number of hydrogen-bond donors (Lipinski definition) is 0. The van der Waals surface area contributed by atoms with Gasteiger partial charge in [0.05, 0.1) is 17.2 Å². The molecule has 5 nitrogen and oxygen atoms in total. The van der Waals surface area contributed by atoms with E-state index in [1.807, 2.05) is 84.6 Å². The molecule has 5 heteroatoms. The van der Waals surface area contributed by atoms with Gasteiger partial charge in [-0.1, -0.05) is 72.8 Å². The normalized spacial score (nSPS) is 10.9. The lowest BCUT2D eigenvalue weighted by Gasteiger charge is -2.23. The molecule has 4 rings (SSSR count). The number of carbonyl (C=O) groups is 1. The molecule has 4 aromatic rings. The molecule has 1 aromatic heterocycles. The number of hydrogen-bond acceptors (Lipinski definition) is 3. The molecule has 0 N–H and O–H groups in total. The zero-order chi connectivity index (χ0) is 21.6. The Hall–Kier alpha value is -3.73. The number of fused-ring (bicyclic) bond motifs is 1. The Bertz CT molecular complexity index is 1190. The first-order valence-corrected chi connectivity index (χ1v) is 10.4. The Kier molecular flexibility index (Phi) is 6.22. The van der Waals surface area contributed by atoms with E-state index in [-0.39, 0.29) is 17.9 Å². The second-order valence-electron chi connectivity index (χ2n) is 7.69. The third-order valence-corrected chi connectivity index (χ3v) is 5.41. The number of aromatic nitrogens is 2. The zero-order valence-electron chi connectivity index (χ0n) is 17.6. The molecule has 1 amide bonds. The Morgan fingerprint density at radius 3 is 2.10 bits per heavy atom. The lowest BCUT2D eigenvalue weighted by molar-refractivity contribution is -0.132. The maximum Gasteiger partial charge on any atom is 0.261 e. The van der Waals surface area contributed by atoms with Gasteiger partial charge in [0, 0.05) is 26.1 Å². The second kappa shape index (κ2) is 9.39. The third-order valence-electron chi connectivity index (χ3n) is 5.41. The van der Waals surface area contributed by atoms with Crippen LogP contribution in [0.5, 0.6) is 0 Å². The van der Waals surface area contributed by atoms with E-state index in [4.69, 9.17) is 0 Å². The summed E-state index contributed by atoms with van der Waals surface area (Å²) in [7, 11) is 0. The van der Waals surface area contributed by atoms with Gasteiger partial charge in [-0.15, -0.1) is 0 Å². The number of benzene rings is 3. The fraction of sp³-hybridized carbons (Fsp3) is 0.192. The Morgan fingerprint density at radius 2 is 1.48 bits per heavy atom. The predicted molar refractivity (Wildman–Crippen MR) is 122 cm³/mol. The van der Waals surface area contributed by atoms with Crippen LogP contribution in [-0.2, 0) is 24.4 Å². The maximum absolute atomic E-state index is 13.1. The van der Waals surface area contributed by atoms with Crippen LogP contribution in [0.2, 0.25) is 0 Å². The van der Waals surface area contributed by atoms with Gasteiger partial charge in [-0.2, -0.15) is 0 Å². The molecule has 156 valence electrons. The highest BCUT2D eigenvalue weighted by molar-refractivity contribution is 5.80. The van der Waals surface area contributed by atoms with Gasteiger partial charge < -0.3 is 4.90 Å². The molecule has 0 saturated carbocycles. The average molecular weight is 412 g/mol. The molecule has 0 bridgehead atoms. The summed E-state index contributed by atoms with van der Waals surface area (Å²) in [6.07, 6.45) is 1.78. The first-order valence-electron chi connectivity index (χ1n) is 10.4. The Morgan fingerprint density at radius 1 is 0.871 bits per heavy atom. The smallest absolute Gasteiger partial charge is 0.261 e. The van der Waals surface area contributed by atoms with Crippen LogP contribution in [-0.4, -0.2) is 20.4 Å². The topological polar surface area (TPSA) is 55.2 Å². The summed E-state index contributed by atoms with van der Waals surface area (Å²) in [5.74, 6) is 0.00365. The molecule has 3 aromatic carbocycles. The van der Waals surface area contributed by atoms with E-state index < -0.39 is 0 Å². The molecule has 0 aliphatic carbocycles. The fourth-order valence-corrected chi connectivity index (χ4v) is 3.71. The van der Waals surface area contributed by atoms with E-state index in [0.29, 0.717) is 30.5 Å². The van der Waals surface area contributed by atoms with Crippen molar-refractivity contribution < 1.29 is 4.79 Å². The minimum Gasteiger partial charge on any atom is -0.334 e. The van der Waals surface area contributed by atoms with Crippen LogP contribution < -0.4 is 5.56 Å². The lowest BCUT2D eigenvalue weighted by Crippen LogP contribution is -2.32. The molecular weight excluding hydrogens is 386 g/mol. The van der Waals surface area contributed by atoms with E-state index in [2.05, 4.69) is 4.98 Å². The quantitative estimate of drug-likeness (QED) is 0.455. The van der Waals surface area contributed by atoms with Crippen molar-refractivity contribution in [2.24, 2.45) is 0 Å². The predicted octanol–water partition coefficient (Wildman–Crippen LogP) is 4.32. The van der Waals surface area contributed by atoms with Gasteiger partial charge in [-0.05, 0) is 29.7 Å². The van der Waals surface area contributed by atoms with Crippen molar-refractivity contribution in [2.45, 2.75) is 33.0 Å². The molecule has 31 heavy (non-hydrogen) atoms. The van der Waals surface area contributed by atoms with Gasteiger partial charge in [0.25, 0.3) is 5.56 Å². The summed E-state index contributed by atoms with van der Waals surface area (Å²) in [6, 6.07) is 25.5. The Labute approximate surface area is 181 Å². The van der Waals surface area contributed by atoms with Crippen molar-refractivity contribution in [1.82, 2.24) is 14.5 Å². The molecule has 0 aliphatic rings. The highest BCUT2D eigenvalue weighted by atomic mass is 16.2. The van der Waals surface area contributed by atoms with Gasteiger partial charge in [0.15, 0.2) is 0 Å². The third kappa shape index (κ3) is 4.89. The molecular formula is C26H25N3O2.